The second kappa shape index (κ2) is 5.46. The molecule has 0 fully saturated rings. The molecular formula is C21H22N4O2. The predicted molar refractivity (Wildman–Crippen MR) is 104 cm³/mol. The molecule has 1 atom stereocenters. The largest absolute Gasteiger partial charge is 0.311 e. The topological polar surface area (TPSA) is 67.2 Å². The number of hydrogen-bond donors (Lipinski definition) is 1. The Morgan fingerprint density at radius 1 is 1.30 bits per heavy atom. The molecule has 2 amide bonds. The molecule has 0 unspecified atom stereocenters. The third kappa shape index (κ3) is 2.24. The van der Waals surface area contributed by atoms with Crippen LogP contribution in [-0.4, -0.2) is 28.1 Å². The zero-order chi connectivity index (χ0) is 19.6. The van der Waals surface area contributed by atoms with Crippen LogP contribution in [0.25, 0.3) is 0 Å². The smallest absolute Gasteiger partial charge is 0.243 e. The third-order valence-electron chi connectivity index (χ3n) is 5.31. The van der Waals surface area contributed by atoms with Gasteiger partial charge in [-0.3, -0.25) is 14.5 Å². The van der Waals surface area contributed by atoms with Crippen molar-refractivity contribution in [1.29, 1.82) is 0 Å². The van der Waals surface area contributed by atoms with Gasteiger partial charge in [0.25, 0.3) is 0 Å². The first-order valence-electron chi connectivity index (χ1n) is 8.95. The summed E-state index contributed by atoms with van der Waals surface area (Å²) in [5.74, 6) is 2.79. The molecule has 138 valence electrons. The molecule has 0 aliphatic carbocycles. The van der Waals surface area contributed by atoms with Crippen molar-refractivity contribution in [3.8, 4) is 12.3 Å². The molecule has 0 radical (unpaired) electrons. The summed E-state index contributed by atoms with van der Waals surface area (Å²) in [4.78, 5) is 27.9. The van der Waals surface area contributed by atoms with Crippen LogP contribution < -0.4 is 10.2 Å². The molecule has 1 N–H and O–H groups in total. The highest BCUT2D eigenvalue weighted by atomic mass is 16.2. The van der Waals surface area contributed by atoms with E-state index < -0.39 is 5.41 Å². The van der Waals surface area contributed by atoms with Crippen LogP contribution in [0.3, 0.4) is 0 Å². The Labute approximate surface area is 158 Å². The molecule has 4 rings (SSSR count). The molecule has 1 aromatic heterocycles. The second-order valence-electron chi connectivity index (χ2n) is 8.24. The number of hydrogen-bond acceptors (Lipinski definition) is 3. The summed E-state index contributed by atoms with van der Waals surface area (Å²) in [6.07, 6.45) is 7.28. The lowest BCUT2D eigenvalue weighted by Gasteiger charge is -2.34. The Hall–Kier alpha value is -3.07. The van der Waals surface area contributed by atoms with Crippen LogP contribution in [0, 0.1) is 19.3 Å². The Balaban J connectivity index is 2.04. The number of aryl methyl sites for hydroxylation is 1. The molecule has 1 aromatic carbocycles. The number of aromatic nitrogens is 2. The average Bonchev–Trinajstić information content (AvgIpc) is 3.10. The molecule has 2 aliphatic rings. The molecule has 3 heterocycles. The standard InChI is InChI=1S/C21H22N4O2/c1-6-9-24-16-8-7-13(2)10-14(16)21(19(24)27)11-17(26)23-18-15(21)12-22-25(18)20(3,4)5/h1,7-8,10,12H,9,11H2,2-5H3,(H,23,26)/t21-/m0/s1. The molecule has 0 saturated carbocycles. The first kappa shape index (κ1) is 17.3. The van der Waals surface area contributed by atoms with E-state index in [4.69, 9.17) is 6.42 Å². The van der Waals surface area contributed by atoms with E-state index in [9.17, 15) is 9.59 Å². The number of amides is 2. The molecule has 2 aliphatic heterocycles. The van der Waals surface area contributed by atoms with Crippen molar-refractivity contribution in [2.24, 2.45) is 0 Å². The molecule has 1 spiro atoms. The summed E-state index contributed by atoms with van der Waals surface area (Å²) in [5.41, 5.74) is 1.93. The van der Waals surface area contributed by atoms with E-state index in [-0.39, 0.29) is 30.3 Å². The maximum atomic E-state index is 13.6. The highest BCUT2D eigenvalue weighted by molar-refractivity contribution is 6.16. The minimum absolute atomic E-state index is 0.0478. The van der Waals surface area contributed by atoms with E-state index in [1.807, 2.05) is 45.9 Å². The monoisotopic (exact) mass is 362 g/mol. The predicted octanol–water partition coefficient (Wildman–Crippen LogP) is 2.55. The van der Waals surface area contributed by atoms with Crippen LogP contribution in [0.1, 0.15) is 43.9 Å². The van der Waals surface area contributed by atoms with E-state index >= 15 is 0 Å². The maximum Gasteiger partial charge on any atom is 0.243 e. The minimum atomic E-state index is -1.08. The second-order valence-corrected chi connectivity index (χ2v) is 8.24. The number of fused-ring (bicyclic) bond motifs is 4. The number of carbonyl (C=O) groups is 2. The van der Waals surface area contributed by atoms with Crippen molar-refractivity contribution in [1.82, 2.24) is 9.78 Å². The number of nitrogens with zero attached hydrogens (tertiary/aromatic N) is 3. The summed E-state index contributed by atoms with van der Waals surface area (Å²) in [5, 5.41) is 7.44. The first-order chi connectivity index (χ1) is 12.7. The fourth-order valence-corrected chi connectivity index (χ4v) is 4.16. The number of terminal acetylenes is 1. The van der Waals surface area contributed by atoms with Gasteiger partial charge in [0.15, 0.2) is 0 Å². The minimum Gasteiger partial charge on any atom is -0.311 e. The van der Waals surface area contributed by atoms with Crippen LogP contribution in [-0.2, 0) is 20.5 Å². The lowest BCUT2D eigenvalue weighted by molar-refractivity contribution is -0.126. The van der Waals surface area contributed by atoms with Crippen molar-refractivity contribution in [2.75, 3.05) is 16.8 Å². The normalized spacial score (nSPS) is 21.1. The Bertz CT molecular complexity index is 1020. The Morgan fingerprint density at radius 3 is 2.70 bits per heavy atom. The summed E-state index contributed by atoms with van der Waals surface area (Å²) in [6, 6.07) is 5.85. The van der Waals surface area contributed by atoms with Gasteiger partial charge in [0, 0.05) is 17.7 Å². The maximum absolute atomic E-state index is 13.6. The van der Waals surface area contributed by atoms with Crippen LogP contribution >= 0.6 is 0 Å². The van der Waals surface area contributed by atoms with Crippen molar-refractivity contribution in [3.63, 3.8) is 0 Å². The number of benzene rings is 1. The van der Waals surface area contributed by atoms with Crippen molar-refractivity contribution >= 4 is 23.3 Å². The highest BCUT2D eigenvalue weighted by Gasteiger charge is 2.57. The van der Waals surface area contributed by atoms with Gasteiger partial charge in [0.05, 0.1) is 18.3 Å². The van der Waals surface area contributed by atoms with E-state index in [1.54, 1.807) is 15.8 Å². The van der Waals surface area contributed by atoms with Crippen molar-refractivity contribution < 1.29 is 9.59 Å². The van der Waals surface area contributed by atoms with Gasteiger partial charge < -0.3 is 5.32 Å². The van der Waals surface area contributed by atoms with Crippen LogP contribution in [0.15, 0.2) is 24.4 Å². The van der Waals surface area contributed by atoms with Gasteiger partial charge >= 0.3 is 0 Å². The van der Waals surface area contributed by atoms with E-state index in [0.717, 1.165) is 22.4 Å². The van der Waals surface area contributed by atoms with Gasteiger partial charge in [-0.25, -0.2) is 4.68 Å². The van der Waals surface area contributed by atoms with Crippen LogP contribution in [0.2, 0.25) is 0 Å². The molecule has 27 heavy (non-hydrogen) atoms. The zero-order valence-corrected chi connectivity index (χ0v) is 16.0. The zero-order valence-electron chi connectivity index (χ0n) is 16.0. The number of rotatable bonds is 1. The molecule has 6 nitrogen and oxygen atoms in total. The Morgan fingerprint density at radius 2 is 2.04 bits per heavy atom. The highest BCUT2D eigenvalue weighted by Crippen LogP contribution is 2.52. The number of anilines is 2. The lowest BCUT2D eigenvalue weighted by atomic mass is 9.71. The molecule has 6 heteroatoms. The van der Waals surface area contributed by atoms with Gasteiger partial charge in [-0.15, -0.1) is 6.42 Å². The fourth-order valence-electron chi connectivity index (χ4n) is 4.16. The number of carbonyl (C=O) groups excluding carboxylic acids is 2. The molecule has 2 aromatic rings. The number of nitrogens with one attached hydrogen (secondary N) is 1. The van der Waals surface area contributed by atoms with Gasteiger partial charge in [0.1, 0.15) is 11.2 Å². The quantitative estimate of drug-likeness (QED) is 0.793. The Kier molecular flexibility index (Phi) is 3.51. The molecular weight excluding hydrogens is 340 g/mol. The van der Waals surface area contributed by atoms with Crippen LogP contribution in [0.5, 0.6) is 0 Å². The summed E-state index contributed by atoms with van der Waals surface area (Å²) in [6.45, 7) is 8.17. The molecule has 0 bridgehead atoms. The van der Waals surface area contributed by atoms with Crippen molar-refractivity contribution in [2.45, 2.75) is 45.1 Å². The van der Waals surface area contributed by atoms with E-state index in [1.165, 1.54) is 0 Å². The first-order valence-corrected chi connectivity index (χ1v) is 8.95. The van der Waals surface area contributed by atoms with Gasteiger partial charge in [-0.1, -0.05) is 23.6 Å². The fraction of sp³-hybridized carbons (Fsp3) is 0.381. The summed E-state index contributed by atoms with van der Waals surface area (Å²) in [7, 11) is 0. The van der Waals surface area contributed by atoms with Gasteiger partial charge in [0.2, 0.25) is 11.8 Å². The SMILES string of the molecule is C#CCN1C(=O)[C@@]2(CC(=O)Nc3c2cnn3C(C)(C)C)c2cc(C)ccc21. The van der Waals surface area contributed by atoms with Gasteiger partial charge in [-0.05, 0) is 39.3 Å². The summed E-state index contributed by atoms with van der Waals surface area (Å²) >= 11 is 0. The van der Waals surface area contributed by atoms with E-state index in [2.05, 4.69) is 16.3 Å². The summed E-state index contributed by atoms with van der Waals surface area (Å²) < 4.78 is 1.77. The van der Waals surface area contributed by atoms with E-state index in [0.29, 0.717) is 5.82 Å². The third-order valence-corrected chi connectivity index (χ3v) is 5.31. The lowest BCUT2D eigenvalue weighted by Crippen LogP contribution is -2.47. The van der Waals surface area contributed by atoms with Crippen molar-refractivity contribution in [3.05, 3.63) is 41.1 Å². The average molecular weight is 362 g/mol. The van der Waals surface area contributed by atoms with Crippen LogP contribution in [0.4, 0.5) is 11.5 Å². The van der Waals surface area contributed by atoms with Gasteiger partial charge in [-0.2, -0.15) is 5.10 Å². The molecule has 0 saturated heterocycles.